The summed E-state index contributed by atoms with van der Waals surface area (Å²) in [6.07, 6.45) is 3.87. The lowest BCUT2D eigenvalue weighted by atomic mass is 10.0. The van der Waals surface area contributed by atoms with Crippen LogP contribution in [-0.2, 0) is 0 Å². The van der Waals surface area contributed by atoms with E-state index >= 15 is 0 Å². The molecule has 0 saturated carbocycles. The van der Waals surface area contributed by atoms with Crippen molar-refractivity contribution < 1.29 is 4.79 Å². The summed E-state index contributed by atoms with van der Waals surface area (Å²) in [4.78, 5) is 17.5. The Morgan fingerprint density at radius 2 is 2.28 bits per heavy atom. The molecule has 0 unspecified atom stereocenters. The Balaban J connectivity index is 1.94. The van der Waals surface area contributed by atoms with Crippen LogP contribution in [0, 0.1) is 0 Å². The van der Waals surface area contributed by atoms with Gasteiger partial charge in [-0.05, 0) is 31.0 Å². The molecule has 3 N–H and O–H groups in total. The molecule has 1 aromatic heterocycles. The standard InChI is InChI=1S/C14H17N3O/c15-10-3-2-8-17(9-10)14(18)12-4-1-5-13-11(12)6-7-16-13/h1,4-7,10,16H,2-3,8-9,15H2/t10-/m1/s1. The normalized spacial score (nSPS) is 20.3. The lowest BCUT2D eigenvalue weighted by molar-refractivity contribution is 0.0711. The van der Waals surface area contributed by atoms with Crippen LogP contribution in [-0.4, -0.2) is 34.9 Å². The van der Waals surface area contributed by atoms with Crippen molar-refractivity contribution in [2.45, 2.75) is 18.9 Å². The second-order valence-electron chi connectivity index (χ2n) is 4.90. The number of hydrogen-bond donors (Lipinski definition) is 2. The molecule has 3 rings (SSSR count). The number of piperidine rings is 1. The van der Waals surface area contributed by atoms with Crippen molar-refractivity contribution in [1.29, 1.82) is 0 Å². The number of nitrogens with two attached hydrogens (primary N) is 1. The Kier molecular flexibility index (Phi) is 2.80. The van der Waals surface area contributed by atoms with Crippen LogP contribution < -0.4 is 5.73 Å². The molecule has 1 fully saturated rings. The summed E-state index contributed by atoms with van der Waals surface area (Å²) in [5, 5.41) is 0.988. The third kappa shape index (κ3) is 1.88. The highest BCUT2D eigenvalue weighted by Gasteiger charge is 2.23. The van der Waals surface area contributed by atoms with E-state index in [1.807, 2.05) is 35.4 Å². The van der Waals surface area contributed by atoms with Gasteiger partial charge in [-0.25, -0.2) is 0 Å². The second-order valence-corrected chi connectivity index (χ2v) is 4.90. The average Bonchev–Trinajstić information content (AvgIpc) is 2.86. The van der Waals surface area contributed by atoms with Gasteiger partial charge in [0.25, 0.3) is 5.91 Å². The highest BCUT2D eigenvalue weighted by Crippen LogP contribution is 2.20. The number of benzene rings is 1. The van der Waals surface area contributed by atoms with E-state index in [1.165, 1.54) is 0 Å². The summed E-state index contributed by atoms with van der Waals surface area (Å²) in [5.41, 5.74) is 7.70. The SMILES string of the molecule is N[C@@H]1CCCN(C(=O)c2cccc3[nH]ccc23)C1. The van der Waals surface area contributed by atoms with Crippen molar-refractivity contribution in [2.24, 2.45) is 5.73 Å². The zero-order chi connectivity index (χ0) is 12.5. The molecule has 1 atom stereocenters. The van der Waals surface area contributed by atoms with E-state index < -0.39 is 0 Å². The van der Waals surface area contributed by atoms with Gasteiger partial charge in [-0.2, -0.15) is 0 Å². The minimum atomic E-state index is 0.0929. The molecule has 1 aliphatic rings. The molecule has 1 amide bonds. The quantitative estimate of drug-likeness (QED) is 0.801. The molecular weight excluding hydrogens is 226 g/mol. The minimum Gasteiger partial charge on any atom is -0.361 e. The highest BCUT2D eigenvalue weighted by molar-refractivity contribution is 6.06. The topological polar surface area (TPSA) is 62.1 Å². The van der Waals surface area contributed by atoms with Crippen LogP contribution in [0.15, 0.2) is 30.5 Å². The molecule has 4 nitrogen and oxygen atoms in total. The van der Waals surface area contributed by atoms with Crippen LogP contribution in [0.4, 0.5) is 0 Å². The fraction of sp³-hybridized carbons (Fsp3) is 0.357. The molecule has 1 aliphatic heterocycles. The predicted octanol–water partition coefficient (Wildman–Crippen LogP) is 1.73. The molecule has 2 heterocycles. The molecule has 2 aromatic rings. The summed E-state index contributed by atoms with van der Waals surface area (Å²) >= 11 is 0. The first-order chi connectivity index (χ1) is 8.75. The lowest BCUT2D eigenvalue weighted by Crippen LogP contribution is -2.45. The Morgan fingerprint density at radius 3 is 3.11 bits per heavy atom. The number of aromatic nitrogens is 1. The number of nitrogens with one attached hydrogen (secondary N) is 1. The monoisotopic (exact) mass is 243 g/mol. The maximum absolute atomic E-state index is 12.5. The number of H-pyrrole nitrogens is 1. The lowest BCUT2D eigenvalue weighted by Gasteiger charge is -2.31. The van der Waals surface area contributed by atoms with Crippen molar-refractivity contribution in [3.05, 3.63) is 36.0 Å². The number of rotatable bonds is 1. The Morgan fingerprint density at radius 1 is 1.39 bits per heavy atom. The highest BCUT2D eigenvalue weighted by atomic mass is 16.2. The van der Waals surface area contributed by atoms with Gasteiger partial charge in [-0.1, -0.05) is 6.07 Å². The molecule has 0 bridgehead atoms. The predicted molar refractivity (Wildman–Crippen MR) is 71.4 cm³/mol. The van der Waals surface area contributed by atoms with Gasteiger partial charge in [0.1, 0.15) is 0 Å². The maximum atomic E-state index is 12.5. The molecule has 0 radical (unpaired) electrons. The van der Waals surface area contributed by atoms with Crippen LogP contribution in [0.3, 0.4) is 0 Å². The molecule has 4 heteroatoms. The van der Waals surface area contributed by atoms with Gasteiger partial charge in [-0.15, -0.1) is 0 Å². The number of fused-ring (bicyclic) bond motifs is 1. The van der Waals surface area contributed by atoms with E-state index in [0.29, 0.717) is 6.54 Å². The third-order valence-corrected chi connectivity index (χ3v) is 3.57. The largest absolute Gasteiger partial charge is 0.361 e. The summed E-state index contributed by atoms with van der Waals surface area (Å²) in [5.74, 6) is 0.0929. The van der Waals surface area contributed by atoms with E-state index in [9.17, 15) is 4.79 Å². The number of nitrogens with zero attached hydrogens (tertiary/aromatic N) is 1. The van der Waals surface area contributed by atoms with Gasteiger partial charge in [0.05, 0.1) is 0 Å². The Bertz CT molecular complexity index is 575. The van der Waals surface area contributed by atoms with Gasteiger partial charge in [0.15, 0.2) is 0 Å². The first-order valence-corrected chi connectivity index (χ1v) is 6.36. The van der Waals surface area contributed by atoms with Gasteiger partial charge >= 0.3 is 0 Å². The van der Waals surface area contributed by atoms with Gasteiger partial charge in [0, 0.05) is 41.8 Å². The molecule has 1 aromatic carbocycles. The van der Waals surface area contributed by atoms with Gasteiger partial charge in [0.2, 0.25) is 0 Å². The fourth-order valence-electron chi connectivity index (χ4n) is 2.64. The van der Waals surface area contributed by atoms with Crippen molar-refractivity contribution >= 4 is 16.8 Å². The van der Waals surface area contributed by atoms with Crippen LogP contribution in [0.1, 0.15) is 23.2 Å². The smallest absolute Gasteiger partial charge is 0.254 e. The average molecular weight is 243 g/mol. The van der Waals surface area contributed by atoms with Crippen molar-refractivity contribution in [3.63, 3.8) is 0 Å². The summed E-state index contributed by atoms with van der Waals surface area (Å²) < 4.78 is 0. The summed E-state index contributed by atoms with van der Waals surface area (Å²) in [6, 6.07) is 7.85. The van der Waals surface area contributed by atoms with Crippen LogP contribution >= 0.6 is 0 Å². The van der Waals surface area contributed by atoms with Crippen LogP contribution in [0.2, 0.25) is 0 Å². The van der Waals surface area contributed by atoms with Crippen LogP contribution in [0.25, 0.3) is 10.9 Å². The van der Waals surface area contributed by atoms with E-state index in [2.05, 4.69) is 4.98 Å². The van der Waals surface area contributed by atoms with Crippen molar-refractivity contribution in [3.8, 4) is 0 Å². The number of carbonyl (C=O) groups excluding carboxylic acids is 1. The summed E-state index contributed by atoms with van der Waals surface area (Å²) in [7, 11) is 0. The van der Waals surface area contributed by atoms with E-state index in [0.717, 1.165) is 35.9 Å². The minimum absolute atomic E-state index is 0.0929. The molecule has 94 valence electrons. The van der Waals surface area contributed by atoms with E-state index in [-0.39, 0.29) is 11.9 Å². The summed E-state index contributed by atoms with van der Waals surface area (Å²) in [6.45, 7) is 1.48. The molecule has 0 aliphatic carbocycles. The van der Waals surface area contributed by atoms with Crippen LogP contribution in [0.5, 0.6) is 0 Å². The maximum Gasteiger partial charge on any atom is 0.254 e. The number of amides is 1. The number of likely N-dealkylation sites (tertiary alicyclic amines) is 1. The zero-order valence-electron chi connectivity index (χ0n) is 10.2. The Hall–Kier alpha value is -1.81. The first kappa shape index (κ1) is 11.3. The Labute approximate surface area is 106 Å². The second kappa shape index (κ2) is 4.46. The van der Waals surface area contributed by atoms with E-state index in [1.54, 1.807) is 0 Å². The zero-order valence-corrected chi connectivity index (χ0v) is 10.2. The first-order valence-electron chi connectivity index (χ1n) is 6.36. The number of carbonyl (C=O) groups is 1. The number of hydrogen-bond acceptors (Lipinski definition) is 2. The molecular formula is C14H17N3O. The number of aromatic amines is 1. The van der Waals surface area contributed by atoms with Gasteiger partial charge < -0.3 is 15.6 Å². The third-order valence-electron chi connectivity index (χ3n) is 3.57. The van der Waals surface area contributed by atoms with Crippen molar-refractivity contribution in [1.82, 2.24) is 9.88 Å². The molecule has 1 saturated heterocycles. The fourth-order valence-corrected chi connectivity index (χ4v) is 2.64. The van der Waals surface area contributed by atoms with E-state index in [4.69, 9.17) is 5.73 Å². The molecule has 0 spiro atoms. The van der Waals surface area contributed by atoms with Crippen molar-refractivity contribution in [2.75, 3.05) is 13.1 Å². The van der Waals surface area contributed by atoms with Gasteiger partial charge in [-0.3, -0.25) is 4.79 Å². The molecule has 18 heavy (non-hydrogen) atoms.